The number of amides is 10. The van der Waals surface area contributed by atoms with E-state index in [2.05, 4.69) is 63.5 Å². The van der Waals surface area contributed by atoms with Gasteiger partial charge in [-0.05, 0) is 110 Å². The molecule has 0 aliphatic carbocycles. The van der Waals surface area contributed by atoms with E-state index in [9.17, 15) is 77.9 Å². The number of hydrogen-bond donors (Lipinski definition) is 16. The fraction of sp³-hybridized carbons (Fsp3) is 0.662. The number of fused-ring (bicyclic) bond motifs is 5. The molecular formula is C65H103N15O16S3. The number of urea groups is 1. The van der Waals surface area contributed by atoms with Gasteiger partial charge in [0.1, 0.15) is 12.1 Å². The zero-order valence-electron chi connectivity index (χ0n) is 57.5. The maximum Gasteiger partial charge on any atom is 0.322 e. The fourth-order valence-electron chi connectivity index (χ4n) is 10.7. The number of aliphatic carboxylic acids is 1. The number of benzene rings is 1. The summed E-state index contributed by atoms with van der Waals surface area (Å²) in [5.41, 5.74) is 12.0. The Hall–Kier alpha value is -7.85. The fourth-order valence-corrected chi connectivity index (χ4v) is 14.0. The summed E-state index contributed by atoms with van der Waals surface area (Å²) >= 11 is 0.842. The first-order valence-corrected chi connectivity index (χ1v) is 37.0. The van der Waals surface area contributed by atoms with Crippen molar-refractivity contribution < 1.29 is 77.9 Å². The van der Waals surface area contributed by atoms with Crippen LogP contribution in [0.5, 0.6) is 0 Å². The number of guanidine groups is 1. The molecule has 552 valence electrons. The van der Waals surface area contributed by atoms with E-state index < -0.39 is 150 Å². The van der Waals surface area contributed by atoms with Gasteiger partial charge in [-0.2, -0.15) is 0 Å². The molecular weight excluding hydrogens is 1340 g/mol. The van der Waals surface area contributed by atoms with E-state index in [0.29, 0.717) is 42.9 Å². The minimum absolute atomic E-state index is 0.00254. The molecule has 1 aromatic carbocycles. The van der Waals surface area contributed by atoms with Crippen molar-refractivity contribution in [2.24, 2.45) is 50.9 Å². The molecule has 10 amide bonds. The highest BCUT2D eigenvalue weighted by Crippen LogP contribution is 2.30. The number of Topliss-reactive ketones (excluding diaryl/α,β-unsaturated/α-hetero) is 3. The highest BCUT2D eigenvalue weighted by molar-refractivity contribution is 8.76. The first kappa shape index (κ1) is 85.4. The third-order valence-corrected chi connectivity index (χ3v) is 20.8. The number of carbonyl (C=O) groups is 13. The number of primary amides is 1. The number of hydrogen-bond acceptors (Lipinski definition) is 22. The van der Waals surface area contributed by atoms with Crippen LogP contribution in [0.2, 0.25) is 0 Å². The number of carboxylic acids is 1. The van der Waals surface area contributed by atoms with Crippen molar-refractivity contribution in [2.45, 2.75) is 187 Å². The van der Waals surface area contributed by atoms with Crippen molar-refractivity contribution in [2.75, 3.05) is 55.7 Å². The van der Waals surface area contributed by atoms with E-state index >= 15 is 0 Å². The molecule has 1 aromatic rings. The third-order valence-electron chi connectivity index (χ3n) is 17.4. The second-order valence-corrected chi connectivity index (χ2v) is 29.7. The number of imide groups is 1. The maximum absolute atomic E-state index is 14.6. The van der Waals surface area contributed by atoms with Gasteiger partial charge in [-0.25, -0.2) is 4.79 Å². The van der Waals surface area contributed by atoms with Gasteiger partial charge in [-0.15, -0.1) is 11.8 Å². The number of carboxylic acid groups (broad SMARTS) is 1. The predicted molar refractivity (Wildman–Crippen MR) is 378 cm³/mol. The monoisotopic (exact) mass is 1450 g/mol. The van der Waals surface area contributed by atoms with Crippen LogP contribution in [-0.4, -0.2) is 195 Å². The predicted octanol–water partition coefficient (Wildman–Crippen LogP) is 2.32. The van der Waals surface area contributed by atoms with Crippen LogP contribution >= 0.6 is 33.3 Å². The van der Waals surface area contributed by atoms with Crippen LogP contribution in [0.25, 0.3) is 0 Å². The molecule has 2 fully saturated rings. The SMILES string of the molecule is C/C(=N/O)C(C)(C)CCCC(CCNC(=O)CCCC(=O)NCCCC[C@@H]1NC(=O)CSC[C@@H](C(N)=O)NC(=O)NC(=O)[C@H](Cc2ccccc2)CC(=O)[C@@H]2CSSC[C@H](NC1=O)C(=O)C[C@@H](CCCNC(=N)N)C(=O)NCC(=O)C[C@@H](CC(=O)O)C(=O)N2)CCNC(C)(C)/C(C)=N\O. The van der Waals surface area contributed by atoms with Gasteiger partial charge < -0.3 is 74.8 Å². The van der Waals surface area contributed by atoms with Crippen LogP contribution in [0.4, 0.5) is 4.79 Å². The van der Waals surface area contributed by atoms with Crippen LogP contribution in [0.15, 0.2) is 40.6 Å². The molecule has 0 saturated carbocycles. The molecule has 0 spiro atoms. The molecule has 0 aromatic heterocycles. The zero-order chi connectivity index (χ0) is 73.7. The summed E-state index contributed by atoms with van der Waals surface area (Å²) in [6, 6.07) is 1.54. The van der Waals surface area contributed by atoms with Crippen LogP contribution in [0.3, 0.4) is 0 Å². The Kier molecular flexibility index (Phi) is 38.8. The highest BCUT2D eigenvalue weighted by atomic mass is 33.1. The zero-order valence-corrected chi connectivity index (χ0v) is 60.0. The lowest BCUT2D eigenvalue weighted by molar-refractivity contribution is -0.142. The quantitative estimate of drug-likeness (QED) is 0.0127. The topological polar surface area (TPSA) is 504 Å². The van der Waals surface area contributed by atoms with Crippen molar-refractivity contribution in [1.29, 1.82) is 5.41 Å². The Morgan fingerprint density at radius 3 is 1.88 bits per heavy atom. The number of nitrogens with one attached hydrogen (secondary N) is 11. The summed E-state index contributed by atoms with van der Waals surface area (Å²) in [5.74, 6) is -14.9. The largest absolute Gasteiger partial charge is 0.481 e. The number of nitrogens with zero attached hydrogens (tertiary/aromatic N) is 2. The van der Waals surface area contributed by atoms with Gasteiger partial charge in [0.05, 0.1) is 53.7 Å². The minimum Gasteiger partial charge on any atom is -0.481 e. The van der Waals surface area contributed by atoms with Gasteiger partial charge in [-0.3, -0.25) is 68.3 Å². The summed E-state index contributed by atoms with van der Waals surface area (Å²) in [7, 11) is 1.93. The van der Waals surface area contributed by atoms with Crippen molar-refractivity contribution >= 4 is 127 Å². The number of rotatable bonds is 31. The van der Waals surface area contributed by atoms with E-state index in [1.165, 1.54) is 0 Å². The molecule has 2 bridgehead atoms. The summed E-state index contributed by atoms with van der Waals surface area (Å²) in [6.07, 6.45) is 2.21. The first-order chi connectivity index (χ1) is 46.8. The Labute approximate surface area is 590 Å². The second-order valence-electron chi connectivity index (χ2n) is 26.1. The van der Waals surface area contributed by atoms with Crippen LogP contribution in [0, 0.1) is 34.5 Å². The van der Waals surface area contributed by atoms with E-state index in [4.69, 9.17) is 16.9 Å². The van der Waals surface area contributed by atoms with Gasteiger partial charge in [0.15, 0.2) is 23.3 Å². The molecule has 2 aliphatic heterocycles. The molecule has 99 heavy (non-hydrogen) atoms. The Balaban J connectivity index is 1.87. The van der Waals surface area contributed by atoms with Crippen LogP contribution in [0.1, 0.15) is 156 Å². The number of nitrogens with two attached hydrogens (primary N) is 2. The average Bonchev–Trinajstić information content (AvgIpc) is 0.949. The normalized spacial score (nSPS) is 21.8. The Morgan fingerprint density at radius 2 is 1.26 bits per heavy atom. The maximum atomic E-state index is 14.6. The highest BCUT2D eigenvalue weighted by Gasteiger charge is 2.36. The van der Waals surface area contributed by atoms with Gasteiger partial charge in [0.25, 0.3) is 0 Å². The van der Waals surface area contributed by atoms with E-state index in [1.807, 2.05) is 27.7 Å². The molecule has 0 radical (unpaired) electrons. The summed E-state index contributed by atoms with van der Waals surface area (Å²) in [4.78, 5) is 177. The van der Waals surface area contributed by atoms with Crippen molar-refractivity contribution in [3.63, 3.8) is 0 Å². The van der Waals surface area contributed by atoms with Crippen molar-refractivity contribution in [1.82, 2.24) is 53.2 Å². The number of carbonyl (C=O) groups excluding carboxylic acids is 12. The van der Waals surface area contributed by atoms with Crippen LogP contribution in [-0.2, 0) is 64.0 Å². The van der Waals surface area contributed by atoms with E-state index in [0.717, 1.165) is 59.0 Å². The van der Waals surface area contributed by atoms with Gasteiger partial charge in [0, 0.05) is 86.2 Å². The number of thioether (sulfide) groups is 1. The number of unbranched alkanes of at least 4 members (excludes halogenated alkanes) is 1. The van der Waals surface area contributed by atoms with E-state index in [1.54, 1.807) is 44.2 Å². The first-order valence-electron chi connectivity index (χ1n) is 33.3. The van der Waals surface area contributed by atoms with Crippen molar-refractivity contribution in [3.8, 4) is 0 Å². The third kappa shape index (κ3) is 34.2. The lowest BCUT2D eigenvalue weighted by Gasteiger charge is -2.28. The standard InChI is InChI=1S/C65H103N15O16S3/c1-39(79-95)64(3,4)24-13-17-41(23-28-73-65(5,6)40(2)80-96)22-27-70-54(85)21-12-20-53(84)69-25-11-10-19-47-61(93)76-49-37-99-98-36-48(75-59(91)45(33-56(87)88)30-46(81)34-72-58(90)43(31-51(49)82)18-14-26-71-62(67)68)52(83)32-44(29-42-15-8-7-9-16-42)60(92)78-63(94)77-50(57(66)89)35-97-38-55(86)74-47/h7-9,15-16,41,43-45,47-50,73,95-96H,10-14,17-38H2,1-6H3,(H2,66,89)(H,69,84)(H,70,85)(H,72,90)(H,74,86)(H,75,91)(H,76,93)(H,87,88)(H4,67,68,71)(H2,77,78,92,94)/b79-39-,80-40-/t41?,43-,44-,45+,47+,48+,49+,50+/m1/s1. The molecule has 1 unspecified atom stereocenters. The van der Waals surface area contributed by atoms with Gasteiger partial charge in [0.2, 0.25) is 47.3 Å². The average molecular weight is 1450 g/mol. The Morgan fingerprint density at radius 1 is 0.657 bits per heavy atom. The second kappa shape index (κ2) is 45.0. The summed E-state index contributed by atoms with van der Waals surface area (Å²) < 4.78 is 0. The minimum atomic E-state index is -1.56. The van der Waals surface area contributed by atoms with Crippen LogP contribution < -0.4 is 64.6 Å². The molecule has 2 aliphatic rings. The molecule has 34 heteroatoms. The molecule has 2 saturated heterocycles. The molecule has 31 nitrogen and oxygen atoms in total. The number of ketones is 3. The summed E-state index contributed by atoms with van der Waals surface area (Å²) in [6.45, 7) is 12.0. The van der Waals surface area contributed by atoms with Gasteiger partial charge >= 0.3 is 12.0 Å². The lowest BCUT2D eigenvalue weighted by Crippen LogP contribution is -2.53. The smallest absolute Gasteiger partial charge is 0.322 e. The lowest BCUT2D eigenvalue weighted by atomic mass is 9.81. The molecule has 18 N–H and O–H groups in total. The molecule has 8 atom stereocenters. The molecule has 2 heterocycles. The van der Waals surface area contributed by atoms with E-state index in [-0.39, 0.29) is 111 Å². The molecule has 3 rings (SSSR count). The number of oxime groups is 2. The van der Waals surface area contributed by atoms with Gasteiger partial charge in [-0.1, -0.05) is 88.9 Å². The Bertz CT molecular complexity index is 2960. The van der Waals surface area contributed by atoms with Crippen molar-refractivity contribution in [3.05, 3.63) is 35.9 Å². The summed E-state index contributed by atoms with van der Waals surface area (Å²) in [5, 5.41) is 69.6.